The quantitative estimate of drug-likeness (QED) is 0.476. The zero-order chi connectivity index (χ0) is 21.8. The fourth-order valence-corrected chi connectivity index (χ4v) is 5.59. The summed E-state index contributed by atoms with van der Waals surface area (Å²) >= 11 is 0. The van der Waals surface area contributed by atoms with Gasteiger partial charge in [-0.05, 0) is 59.4 Å². The lowest BCUT2D eigenvalue weighted by Crippen LogP contribution is -2.49. The molecular weight excluding hydrogens is 394 g/mol. The fraction of sp³-hybridized carbons (Fsp3) is 0.250. The molecule has 160 valence electrons. The van der Waals surface area contributed by atoms with E-state index in [1.807, 2.05) is 11.0 Å². The van der Waals surface area contributed by atoms with Gasteiger partial charge in [0, 0.05) is 37.1 Å². The molecule has 1 fully saturated rings. The SMILES string of the molecule is Cc1cc(C)c2cc(C(=O)N3CCN(C4c5ccccc5-c5ccccc54)CC3)[nH]c2c1. The Balaban J connectivity index is 1.23. The zero-order valence-electron chi connectivity index (χ0n) is 18.6. The summed E-state index contributed by atoms with van der Waals surface area (Å²) in [7, 11) is 0. The van der Waals surface area contributed by atoms with E-state index in [2.05, 4.69) is 84.4 Å². The third-order valence-corrected chi connectivity index (χ3v) is 7.09. The molecule has 4 nitrogen and oxygen atoms in total. The van der Waals surface area contributed by atoms with E-state index in [1.165, 1.54) is 33.4 Å². The standard InChI is InChI=1S/C28H27N3O/c1-18-15-19(2)24-17-26(29-25(24)16-18)28(32)31-13-11-30(12-14-31)27-22-9-5-3-7-20(22)21-8-4-6-10-23(21)27/h3-10,15-17,27,29H,11-14H2,1-2H3. The maximum absolute atomic E-state index is 13.3. The molecule has 1 aliphatic carbocycles. The van der Waals surface area contributed by atoms with Gasteiger partial charge in [-0.3, -0.25) is 9.69 Å². The molecular formula is C28H27N3O. The van der Waals surface area contributed by atoms with Crippen molar-refractivity contribution in [2.24, 2.45) is 0 Å². The van der Waals surface area contributed by atoms with Crippen molar-refractivity contribution >= 4 is 16.8 Å². The van der Waals surface area contributed by atoms with E-state index >= 15 is 0 Å². The molecule has 0 spiro atoms. The minimum Gasteiger partial charge on any atom is -0.351 e. The number of rotatable bonds is 2. The van der Waals surface area contributed by atoms with E-state index < -0.39 is 0 Å². The molecule has 4 aromatic rings. The van der Waals surface area contributed by atoms with Crippen LogP contribution < -0.4 is 0 Å². The van der Waals surface area contributed by atoms with Crippen molar-refractivity contribution in [3.63, 3.8) is 0 Å². The molecule has 3 aromatic carbocycles. The lowest BCUT2D eigenvalue weighted by atomic mass is 10.0. The summed E-state index contributed by atoms with van der Waals surface area (Å²) in [6.07, 6.45) is 0. The van der Waals surface area contributed by atoms with Gasteiger partial charge in [0.25, 0.3) is 5.91 Å². The second kappa shape index (κ2) is 7.35. The number of aryl methyl sites for hydroxylation is 2. The number of aromatic amines is 1. The summed E-state index contributed by atoms with van der Waals surface area (Å²) in [5.74, 6) is 0.102. The number of carbonyl (C=O) groups excluding carboxylic acids is 1. The van der Waals surface area contributed by atoms with Crippen molar-refractivity contribution in [1.82, 2.24) is 14.8 Å². The van der Waals surface area contributed by atoms with Crippen LogP contribution in [0.2, 0.25) is 0 Å². The predicted molar refractivity (Wildman–Crippen MR) is 129 cm³/mol. The van der Waals surface area contributed by atoms with E-state index in [-0.39, 0.29) is 11.9 Å². The van der Waals surface area contributed by atoms with Gasteiger partial charge in [0.1, 0.15) is 5.69 Å². The van der Waals surface area contributed by atoms with Crippen molar-refractivity contribution in [3.8, 4) is 11.1 Å². The molecule has 0 saturated carbocycles. The lowest BCUT2D eigenvalue weighted by molar-refractivity contribution is 0.0595. The van der Waals surface area contributed by atoms with Gasteiger partial charge in [-0.1, -0.05) is 54.6 Å². The first kappa shape index (κ1) is 19.3. The number of hydrogen-bond acceptors (Lipinski definition) is 2. The molecule has 1 saturated heterocycles. The molecule has 1 aromatic heterocycles. The Morgan fingerprint density at radius 1 is 0.844 bits per heavy atom. The molecule has 0 unspecified atom stereocenters. The van der Waals surface area contributed by atoms with Crippen molar-refractivity contribution < 1.29 is 4.79 Å². The van der Waals surface area contributed by atoms with Crippen LogP contribution in [0.4, 0.5) is 0 Å². The van der Waals surface area contributed by atoms with Crippen molar-refractivity contribution in [3.05, 3.63) is 94.7 Å². The van der Waals surface area contributed by atoms with E-state index in [0.29, 0.717) is 5.69 Å². The maximum Gasteiger partial charge on any atom is 0.270 e. The fourth-order valence-electron chi connectivity index (χ4n) is 5.59. The highest BCUT2D eigenvalue weighted by atomic mass is 16.2. The highest BCUT2D eigenvalue weighted by Gasteiger charge is 2.35. The number of nitrogens with zero attached hydrogens (tertiary/aromatic N) is 2. The second-order valence-electron chi connectivity index (χ2n) is 9.13. The van der Waals surface area contributed by atoms with Crippen LogP contribution in [0, 0.1) is 13.8 Å². The summed E-state index contributed by atoms with van der Waals surface area (Å²) in [4.78, 5) is 21.2. The monoisotopic (exact) mass is 421 g/mol. The summed E-state index contributed by atoms with van der Waals surface area (Å²) in [6.45, 7) is 7.43. The van der Waals surface area contributed by atoms with E-state index in [1.54, 1.807) is 0 Å². The minimum absolute atomic E-state index is 0.102. The van der Waals surface area contributed by atoms with Crippen LogP contribution in [0.15, 0.2) is 66.7 Å². The van der Waals surface area contributed by atoms with E-state index in [4.69, 9.17) is 0 Å². The Labute approximate surface area is 188 Å². The van der Waals surface area contributed by atoms with Crippen LogP contribution in [0.1, 0.15) is 38.8 Å². The largest absolute Gasteiger partial charge is 0.351 e. The number of aromatic nitrogens is 1. The summed E-state index contributed by atoms with van der Waals surface area (Å²) in [5, 5.41) is 1.14. The zero-order valence-corrected chi connectivity index (χ0v) is 18.6. The predicted octanol–water partition coefficient (Wildman–Crippen LogP) is 5.31. The first-order chi connectivity index (χ1) is 15.6. The Bertz CT molecular complexity index is 1300. The Kier molecular flexibility index (Phi) is 4.44. The molecule has 0 atom stereocenters. The van der Waals surface area contributed by atoms with E-state index in [9.17, 15) is 4.79 Å². The molecule has 0 radical (unpaired) electrons. The third-order valence-electron chi connectivity index (χ3n) is 7.09. The molecule has 1 aliphatic heterocycles. The molecule has 6 rings (SSSR count). The van der Waals surface area contributed by atoms with Gasteiger partial charge in [0.2, 0.25) is 0 Å². The van der Waals surface area contributed by atoms with Gasteiger partial charge in [-0.25, -0.2) is 0 Å². The second-order valence-corrected chi connectivity index (χ2v) is 9.13. The molecule has 4 heteroatoms. The van der Waals surface area contributed by atoms with Gasteiger partial charge >= 0.3 is 0 Å². The number of benzene rings is 3. The Morgan fingerprint density at radius 3 is 2.12 bits per heavy atom. The van der Waals surface area contributed by atoms with Crippen molar-refractivity contribution in [1.29, 1.82) is 0 Å². The molecule has 1 N–H and O–H groups in total. The number of H-pyrrole nitrogens is 1. The number of carbonyl (C=O) groups is 1. The first-order valence-electron chi connectivity index (χ1n) is 11.4. The van der Waals surface area contributed by atoms with Gasteiger partial charge < -0.3 is 9.88 Å². The summed E-state index contributed by atoms with van der Waals surface area (Å²) in [5.41, 5.74) is 9.61. The average Bonchev–Trinajstić information content (AvgIpc) is 3.38. The highest BCUT2D eigenvalue weighted by molar-refractivity contribution is 5.99. The van der Waals surface area contributed by atoms with Crippen molar-refractivity contribution in [2.45, 2.75) is 19.9 Å². The molecule has 0 bridgehead atoms. The van der Waals surface area contributed by atoms with Crippen LogP contribution >= 0.6 is 0 Å². The first-order valence-corrected chi connectivity index (χ1v) is 11.4. The molecule has 32 heavy (non-hydrogen) atoms. The maximum atomic E-state index is 13.3. The minimum atomic E-state index is 0.102. The molecule has 2 heterocycles. The molecule has 2 aliphatic rings. The molecule has 1 amide bonds. The van der Waals surface area contributed by atoms with Crippen LogP contribution in [-0.4, -0.2) is 46.9 Å². The van der Waals surface area contributed by atoms with E-state index in [0.717, 1.165) is 37.1 Å². The van der Waals surface area contributed by atoms with Gasteiger partial charge in [-0.2, -0.15) is 0 Å². The third kappa shape index (κ3) is 2.98. The average molecular weight is 422 g/mol. The van der Waals surface area contributed by atoms with Crippen LogP contribution in [-0.2, 0) is 0 Å². The smallest absolute Gasteiger partial charge is 0.270 e. The summed E-state index contributed by atoms with van der Waals surface area (Å²) in [6, 6.07) is 24.1. The Morgan fingerprint density at radius 2 is 1.47 bits per heavy atom. The van der Waals surface area contributed by atoms with Crippen molar-refractivity contribution in [2.75, 3.05) is 26.2 Å². The number of amides is 1. The van der Waals surface area contributed by atoms with Gasteiger partial charge in [-0.15, -0.1) is 0 Å². The number of hydrogen-bond donors (Lipinski definition) is 1. The number of piperazine rings is 1. The van der Waals surface area contributed by atoms with Crippen LogP contribution in [0.25, 0.3) is 22.0 Å². The normalized spacial score (nSPS) is 16.4. The van der Waals surface area contributed by atoms with Crippen LogP contribution in [0.5, 0.6) is 0 Å². The van der Waals surface area contributed by atoms with Gasteiger partial charge in [0.05, 0.1) is 6.04 Å². The topological polar surface area (TPSA) is 39.3 Å². The number of nitrogens with one attached hydrogen (secondary N) is 1. The lowest BCUT2D eigenvalue weighted by Gasteiger charge is -2.38. The Hall–Kier alpha value is -3.37. The highest BCUT2D eigenvalue weighted by Crippen LogP contribution is 2.46. The van der Waals surface area contributed by atoms with Crippen LogP contribution in [0.3, 0.4) is 0 Å². The number of fused-ring (bicyclic) bond motifs is 4. The summed E-state index contributed by atoms with van der Waals surface area (Å²) < 4.78 is 0. The van der Waals surface area contributed by atoms with Gasteiger partial charge in [0.15, 0.2) is 0 Å².